The molecular formula is C35H42F3N5O5. The van der Waals surface area contributed by atoms with E-state index in [0.717, 1.165) is 11.1 Å². The van der Waals surface area contributed by atoms with Gasteiger partial charge in [-0.15, -0.1) is 0 Å². The number of alkyl halides is 3. The number of aromatic nitrogens is 2. The SMILES string of the molecule is CCC1(C(=O)N2CCN3C(C(c4ccccc4)c4ccccc4)CN(Cc4c(OC)nc(OC)nc4OCC(F)(F)F)C[C@@H]3C2)COC1. The number of halogens is 3. The van der Waals surface area contributed by atoms with E-state index in [2.05, 4.69) is 44.0 Å². The Morgan fingerprint density at radius 3 is 2.12 bits per heavy atom. The summed E-state index contributed by atoms with van der Waals surface area (Å²) in [5.74, 6) is -0.0544. The highest BCUT2D eigenvalue weighted by Gasteiger charge is 2.49. The molecule has 0 N–H and O–H groups in total. The van der Waals surface area contributed by atoms with Crippen LogP contribution in [0.25, 0.3) is 0 Å². The number of benzene rings is 2. The molecule has 3 aliphatic rings. The van der Waals surface area contributed by atoms with Crippen molar-refractivity contribution in [2.24, 2.45) is 5.41 Å². The summed E-state index contributed by atoms with van der Waals surface area (Å²) in [6, 6.07) is 20.5. The van der Waals surface area contributed by atoms with E-state index in [1.165, 1.54) is 14.2 Å². The van der Waals surface area contributed by atoms with Crippen LogP contribution in [0.4, 0.5) is 13.2 Å². The highest BCUT2D eigenvalue weighted by atomic mass is 19.4. The number of ether oxygens (including phenoxy) is 4. The fourth-order valence-corrected chi connectivity index (χ4v) is 7.25. The summed E-state index contributed by atoms with van der Waals surface area (Å²) in [5, 5.41) is 0. The van der Waals surface area contributed by atoms with Gasteiger partial charge in [0.25, 0.3) is 0 Å². The van der Waals surface area contributed by atoms with Crippen molar-refractivity contribution < 1.29 is 36.9 Å². The highest BCUT2D eigenvalue weighted by Crippen LogP contribution is 2.39. The van der Waals surface area contributed by atoms with E-state index in [0.29, 0.717) is 57.9 Å². The van der Waals surface area contributed by atoms with Crippen LogP contribution >= 0.6 is 0 Å². The lowest BCUT2D eigenvalue weighted by molar-refractivity contribution is -0.177. The largest absolute Gasteiger partial charge is 0.481 e. The standard InChI is InChI=1S/C35H42F3N5O5/c1-4-34(21-47-22-34)32(44)42-15-16-43-26(18-42)17-41(19-27-30(45-2)39-33(46-3)40-31(27)48-23-35(36,37)38)20-28(43)29(24-11-7-5-8-12-24)25-13-9-6-10-14-25/h5-14,26,28-29H,4,15-23H2,1-3H3/t26-,28?/m1/s1. The first-order valence-electron chi connectivity index (χ1n) is 16.3. The van der Waals surface area contributed by atoms with Gasteiger partial charge in [0.2, 0.25) is 17.7 Å². The topological polar surface area (TPSA) is 89.5 Å². The van der Waals surface area contributed by atoms with Crippen molar-refractivity contribution in [1.82, 2.24) is 24.7 Å². The van der Waals surface area contributed by atoms with Gasteiger partial charge in [-0.05, 0) is 17.5 Å². The van der Waals surface area contributed by atoms with E-state index in [9.17, 15) is 18.0 Å². The second-order valence-corrected chi connectivity index (χ2v) is 12.7. The van der Waals surface area contributed by atoms with Gasteiger partial charge in [-0.1, -0.05) is 67.6 Å². The minimum atomic E-state index is -4.57. The number of piperazine rings is 2. The quantitative estimate of drug-likeness (QED) is 0.295. The predicted octanol–water partition coefficient (Wildman–Crippen LogP) is 4.39. The Kier molecular flexibility index (Phi) is 10.1. The number of fused-ring (bicyclic) bond motifs is 1. The minimum Gasteiger partial charge on any atom is -0.481 e. The zero-order valence-electron chi connectivity index (χ0n) is 27.5. The van der Waals surface area contributed by atoms with Crippen molar-refractivity contribution in [1.29, 1.82) is 0 Å². The number of methoxy groups -OCH3 is 2. The van der Waals surface area contributed by atoms with Crippen LogP contribution in [0.5, 0.6) is 17.8 Å². The van der Waals surface area contributed by atoms with Gasteiger partial charge in [0, 0.05) is 57.3 Å². The summed E-state index contributed by atoms with van der Waals surface area (Å²) in [4.78, 5) is 29.0. The summed E-state index contributed by atoms with van der Waals surface area (Å²) >= 11 is 0. The Morgan fingerprint density at radius 1 is 0.938 bits per heavy atom. The monoisotopic (exact) mass is 669 g/mol. The van der Waals surface area contributed by atoms with Gasteiger partial charge in [-0.2, -0.15) is 23.1 Å². The first kappa shape index (κ1) is 33.9. The van der Waals surface area contributed by atoms with Crippen LogP contribution in [-0.2, 0) is 16.1 Å². The van der Waals surface area contributed by atoms with Crippen LogP contribution in [0.2, 0.25) is 0 Å². The van der Waals surface area contributed by atoms with Crippen LogP contribution < -0.4 is 14.2 Å². The summed E-state index contributed by atoms with van der Waals surface area (Å²) in [7, 11) is 2.73. The molecule has 3 saturated heterocycles. The normalized spacial score (nSPS) is 21.4. The molecule has 258 valence electrons. The molecule has 1 unspecified atom stereocenters. The van der Waals surface area contributed by atoms with Crippen LogP contribution in [-0.4, -0.2) is 116 Å². The molecule has 6 rings (SSSR count). The molecule has 1 amide bonds. The number of hydrogen-bond acceptors (Lipinski definition) is 9. The lowest BCUT2D eigenvalue weighted by Crippen LogP contribution is -2.69. The molecule has 48 heavy (non-hydrogen) atoms. The van der Waals surface area contributed by atoms with Gasteiger partial charge in [0.1, 0.15) is 0 Å². The van der Waals surface area contributed by atoms with Gasteiger partial charge in [0.15, 0.2) is 6.61 Å². The number of nitrogens with zero attached hydrogens (tertiary/aromatic N) is 5. The van der Waals surface area contributed by atoms with Gasteiger partial charge in [0.05, 0.1) is 38.4 Å². The Morgan fingerprint density at radius 2 is 1.58 bits per heavy atom. The molecule has 0 saturated carbocycles. The average molecular weight is 670 g/mol. The van der Waals surface area contributed by atoms with Gasteiger partial charge < -0.3 is 23.8 Å². The molecule has 3 fully saturated rings. The van der Waals surface area contributed by atoms with Crippen LogP contribution in [0, 0.1) is 5.41 Å². The maximum atomic E-state index is 13.8. The van der Waals surface area contributed by atoms with Crippen molar-refractivity contribution in [3.05, 3.63) is 77.4 Å². The Balaban J connectivity index is 1.37. The van der Waals surface area contributed by atoms with E-state index >= 15 is 0 Å². The van der Waals surface area contributed by atoms with Crippen molar-refractivity contribution in [2.45, 2.75) is 44.1 Å². The fourth-order valence-electron chi connectivity index (χ4n) is 7.25. The highest BCUT2D eigenvalue weighted by molar-refractivity contribution is 5.84. The van der Waals surface area contributed by atoms with Crippen LogP contribution in [0.15, 0.2) is 60.7 Å². The van der Waals surface area contributed by atoms with Crippen LogP contribution in [0.3, 0.4) is 0 Å². The van der Waals surface area contributed by atoms with Gasteiger partial charge in [-0.25, -0.2) is 0 Å². The molecule has 2 aromatic carbocycles. The van der Waals surface area contributed by atoms with E-state index in [-0.39, 0.29) is 48.2 Å². The summed E-state index contributed by atoms with van der Waals surface area (Å²) < 4.78 is 61.3. The minimum absolute atomic E-state index is 0.0167. The zero-order valence-corrected chi connectivity index (χ0v) is 27.5. The number of carbonyl (C=O) groups is 1. The van der Waals surface area contributed by atoms with Crippen molar-refractivity contribution in [3.63, 3.8) is 0 Å². The lowest BCUT2D eigenvalue weighted by Gasteiger charge is -2.55. The molecule has 2 atom stereocenters. The van der Waals surface area contributed by atoms with E-state index < -0.39 is 18.2 Å². The molecule has 0 radical (unpaired) electrons. The number of amides is 1. The number of carbonyl (C=O) groups excluding carboxylic acids is 1. The Bertz CT molecular complexity index is 1500. The molecule has 0 aliphatic carbocycles. The van der Waals surface area contributed by atoms with Crippen molar-refractivity contribution in [3.8, 4) is 17.8 Å². The molecular weight excluding hydrogens is 627 g/mol. The lowest BCUT2D eigenvalue weighted by atomic mass is 9.80. The summed E-state index contributed by atoms with van der Waals surface area (Å²) in [6.45, 7) is 4.51. The maximum absolute atomic E-state index is 13.8. The molecule has 3 aromatic rings. The number of rotatable bonds is 11. The van der Waals surface area contributed by atoms with E-state index in [1.54, 1.807) is 0 Å². The second-order valence-electron chi connectivity index (χ2n) is 12.7. The third-order valence-electron chi connectivity index (χ3n) is 9.79. The molecule has 3 aliphatic heterocycles. The molecule has 10 nitrogen and oxygen atoms in total. The summed E-state index contributed by atoms with van der Waals surface area (Å²) in [5.41, 5.74) is 2.13. The first-order chi connectivity index (χ1) is 23.1. The third kappa shape index (κ3) is 7.08. The summed E-state index contributed by atoms with van der Waals surface area (Å²) in [6.07, 6.45) is -3.86. The van der Waals surface area contributed by atoms with Gasteiger partial charge >= 0.3 is 12.2 Å². The zero-order chi connectivity index (χ0) is 33.9. The first-order valence-corrected chi connectivity index (χ1v) is 16.3. The fraction of sp³-hybridized carbons (Fsp3) is 0.514. The number of hydrogen-bond donors (Lipinski definition) is 0. The molecule has 1 aromatic heterocycles. The average Bonchev–Trinajstić information content (AvgIpc) is 3.07. The maximum Gasteiger partial charge on any atom is 0.422 e. The Hall–Kier alpha value is -3.94. The molecule has 4 heterocycles. The molecule has 13 heteroatoms. The molecule has 0 spiro atoms. The smallest absolute Gasteiger partial charge is 0.422 e. The third-order valence-corrected chi connectivity index (χ3v) is 9.79. The van der Waals surface area contributed by atoms with Crippen molar-refractivity contribution in [2.75, 3.05) is 66.8 Å². The second kappa shape index (κ2) is 14.3. The van der Waals surface area contributed by atoms with Crippen molar-refractivity contribution >= 4 is 5.91 Å². The predicted molar refractivity (Wildman–Crippen MR) is 171 cm³/mol. The van der Waals surface area contributed by atoms with Crippen LogP contribution in [0.1, 0.15) is 36.0 Å². The Labute approximate surface area is 278 Å². The van der Waals surface area contributed by atoms with E-state index in [1.807, 2.05) is 48.2 Å². The van der Waals surface area contributed by atoms with Gasteiger partial charge in [-0.3, -0.25) is 14.6 Å². The van der Waals surface area contributed by atoms with E-state index in [4.69, 9.17) is 18.9 Å². The molecule has 0 bridgehead atoms.